The van der Waals surface area contributed by atoms with E-state index in [1.54, 1.807) is 0 Å². The van der Waals surface area contributed by atoms with Crippen molar-refractivity contribution in [2.24, 2.45) is 11.8 Å². The molecule has 2 nitrogen and oxygen atoms in total. The third-order valence-electron chi connectivity index (χ3n) is 5.16. The Morgan fingerprint density at radius 2 is 2.10 bits per heavy atom. The van der Waals surface area contributed by atoms with Gasteiger partial charge in [0.2, 0.25) is 0 Å². The van der Waals surface area contributed by atoms with Gasteiger partial charge in [0.25, 0.3) is 0 Å². The van der Waals surface area contributed by atoms with Gasteiger partial charge in [-0.1, -0.05) is 44.9 Å². The maximum atomic E-state index is 3.86. The summed E-state index contributed by atoms with van der Waals surface area (Å²) in [5.74, 6) is 1.65. The third kappa shape index (κ3) is 2.85. The fourth-order valence-corrected chi connectivity index (χ4v) is 4.01. The number of fused-ring (bicyclic) bond motifs is 1. The molecule has 1 saturated carbocycles. The first-order chi connectivity index (χ1) is 9.75. The highest BCUT2D eigenvalue weighted by molar-refractivity contribution is 5.61. The van der Waals surface area contributed by atoms with Crippen LogP contribution >= 0.6 is 0 Å². The van der Waals surface area contributed by atoms with Crippen LogP contribution in [0.5, 0.6) is 0 Å². The second kappa shape index (κ2) is 6.17. The van der Waals surface area contributed by atoms with E-state index in [1.807, 2.05) is 0 Å². The van der Waals surface area contributed by atoms with Gasteiger partial charge in [-0.05, 0) is 42.2 Å². The van der Waals surface area contributed by atoms with Crippen molar-refractivity contribution in [3.63, 3.8) is 0 Å². The normalized spacial score (nSPS) is 25.6. The van der Waals surface area contributed by atoms with Crippen molar-refractivity contribution in [2.45, 2.75) is 58.5 Å². The number of rotatable bonds is 4. The van der Waals surface area contributed by atoms with Crippen molar-refractivity contribution in [1.29, 1.82) is 0 Å². The summed E-state index contributed by atoms with van der Waals surface area (Å²) in [5.41, 5.74) is 4.35. The third-order valence-corrected chi connectivity index (χ3v) is 5.16. The maximum Gasteiger partial charge on any atom is 0.0419 e. The van der Waals surface area contributed by atoms with Gasteiger partial charge in [0, 0.05) is 24.8 Å². The van der Waals surface area contributed by atoms with Crippen LogP contribution in [0.1, 0.15) is 50.7 Å². The van der Waals surface area contributed by atoms with E-state index in [2.05, 4.69) is 42.7 Å². The van der Waals surface area contributed by atoms with Crippen LogP contribution in [0.2, 0.25) is 0 Å². The molecule has 1 fully saturated rings. The van der Waals surface area contributed by atoms with E-state index >= 15 is 0 Å². The summed E-state index contributed by atoms with van der Waals surface area (Å²) in [6, 6.07) is 7.46. The maximum absolute atomic E-state index is 3.86. The molecule has 0 amide bonds. The second-order valence-electron chi connectivity index (χ2n) is 6.81. The zero-order chi connectivity index (χ0) is 13.9. The minimum Gasteiger partial charge on any atom is -0.384 e. The first-order valence-corrected chi connectivity index (χ1v) is 8.33. The highest BCUT2D eigenvalue weighted by Gasteiger charge is 2.27. The van der Waals surface area contributed by atoms with Crippen LogP contribution in [-0.4, -0.2) is 12.6 Å². The van der Waals surface area contributed by atoms with Gasteiger partial charge in [0.15, 0.2) is 0 Å². The molecule has 0 bridgehead atoms. The van der Waals surface area contributed by atoms with Crippen LogP contribution in [0, 0.1) is 11.8 Å². The molecular formula is C18H28N2. The van der Waals surface area contributed by atoms with Gasteiger partial charge in [-0.3, -0.25) is 0 Å². The number of anilines is 1. The van der Waals surface area contributed by atoms with E-state index in [1.165, 1.54) is 48.9 Å². The molecule has 2 unspecified atom stereocenters. The first kappa shape index (κ1) is 13.9. The molecule has 0 saturated heterocycles. The summed E-state index contributed by atoms with van der Waals surface area (Å²) in [6.45, 7) is 6.88. The van der Waals surface area contributed by atoms with Crippen LogP contribution in [0.25, 0.3) is 0 Å². The lowest BCUT2D eigenvalue weighted by atomic mass is 9.78. The molecule has 1 aromatic carbocycles. The van der Waals surface area contributed by atoms with E-state index in [0.717, 1.165) is 24.9 Å². The zero-order valence-corrected chi connectivity index (χ0v) is 12.9. The standard InChI is InChI=1S/C18H28N2/c1-13(2)16-8-3-4-9-17(16)20-12-15-7-5-6-14-10-11-19-18(14)15/h5-7,13,16-17,19-20H,3-4,8-12H2,1-2H3. The van der Waals surface area contributed by atoms with Gasteiger partial charge in [-0.2, -0.15) is 0 Å². The van der Waals surface area contributed by atoms with Gasteiger partial charge >= 0.3 is 0 Å². The Labute approximate surface area is 123 Å². The molecule has 3 rings (SSSR count). The Morgan fingerprint density at radius 1 is 1.25 bits per heavy atom. The summed E-state index contributed by atoms with van der Waals surface area (Å²) in [6.07, 6.45) is 6.75. The van der Waals surface area contributed by atoms with Gasteiger partial charge in [-0.15, -0.1) is 0 Å². The Kier molecular flexibility index (Phi) is 4.30. The molecule has 0 spiro atoms. The van der Waals surface area contributed by atoms with E-state index in [-0.39, 0.29) is 0 Å². The lowest BCUT2D eigenvalue weighted by Crippen LogP contribution is -2.40. The summed E-state index contributed by atoms with van der Waals surface area (Å²) in [7, 11) is 0. The summed E-state index contributed by atoms with van der Waals surface area (Å²) >= 11 is 0. The lowest BCUT2D eigenvalue weighted by molar-refractivity contribution is 0.205. The van der Waals surface area contributed by atoms with Crippen molar-refractivity contribution in [2.75, 3.05) is 11.9 Å². The summed E-state index contributed by atoms with van der Waals surface area (Å²) in [4.78, 5) is 0. The molecule has 110 valence electrons. The highest BCUT2D eigenvalue weighted by Crippen LogP contribution is 2.31. The smallest absolute Gasteiger partial charge is 0.0419 e. The van der Waals surface area contributed by atoms with Crippen LogP contribution in [-0.2, 0) is 13.0 Å². The monoisotopic (exact) mass is 272 g/mol. The molecule has 2 N–H and O–H groups in total. The lowest BCUT2D eigenvalue weighted by Gasteiger charge is -2.35. The van der Waals surface area contributed by atoms with Crippen LogP contribution in [0.4, 0.5) is 5.69 Å². The second-order valence-corrected chi connectivity index (χ2v) is 6.81. The quantitative estimate of drug-likeness (QED) is 0.867. The van der Waals surface area contributed by atoms with Crippen LogP contribution in [0.15, 0.2) is 18.2 Å². The topological polar surface area (TPSA) is 24.1 Å². The minimum absolute atomic E-state index is 0.709. The average Bonchev–Trinajstić information content (AvgIpc) is 2.94. The van der Waals surface area contributed by atoms with E-state index in [4.69, 9.17) is 0 Å². The van der Waals surface area contributed by atoms with Crippen molar-refractivity contribution < 1.29 is 0 Å². The van der Waals surface area contributed by atoms with Gasteiger partial charge in [0.1, 0.15) is 0 Å². The van der Waals surface area contributed by atoms with Crippen molar-refractivity contribution in [3.8, 4) is 0 Å². The predicted octanol–water partition coefficient (Wildman–Crippen LogP) is 3.96. The molecule has 1 aromatic rings. The van der Waals surface area contributed by atoms with Crippen LogP contribution < -0.4 is 10.6 Å². The molecule has 0 aromatic heterocycles. The van der Waals surface area contributed by atoms with Crippen molar-refractivity contribution in [3.05, 3.63) is 29.3 Å². The number of hydrogen-bond donors (Lipinski definition) is 2. The number of para-hydroxylation sites is 1. The average molecular weight is 272 g/mol. The Morgan fingerprint density at radius 3 is 2.95 bits per heavy atom. The molecule has 1 heterocycles. The zero-order valence-electron chi connectivity index (χ0n) is 12.9. The number of hydrogen-bond acceptors (Lipinski definition) is 2. The molecule has 2 aliphatic rings. The molecule has 0 radical (unpaired) electrons. The van der Waals surface area contributed by atoms with E-state index in [0.29, 0.717) is 6.04 Å². The predicted molar refractivity (Wildman–Crippen MR) is 86.1 cm³/mol. The van der Waals surface area contributed by atoms with E-state index in [9.17, 15) is 0 Å². The molecule has 1 aliphatic heterocycles. The Hall–Kier alpha value is -1.02. The fourth-order valence-electron chi connectivity index (χ4n) is 4.01. The molecule has 2 heteroatoms. The largest absolute Gasteiger partial charge is 0.384 e. The number of benzene rings is 1. The molecular weight excluding hydrogens is 244 g/mol. The van der Waals surface area contributed by atoms with Crippen molar-refractivity contribution >= 4 is 5.69 Å². The molecule has 2 atom stereocenters. The number of nitrogens with one attached hydrogen (secondary N) is 2. The SMILES string of the molecule is CC(C)C1CCCCC1NCc1cccc2c1NCC2. The van der Waals surface area contributed by atoms with Gasteiger partial charge in [0.05, 0.1) is 0 Å². The van der Waals surface area contributed by atoms with E-state index < -0.39 is 0 Å². The Balaban J connectivity index is 1.65. The summed E-state index contributed by atoms with van der Waals surface area (Å²) < 4.78 is 0. The summed E-state index contributed by atoms with van der Waals surface area (Å²) in [5, 5.41) is 7.41. The minimum atomic E-state index is 0.709. The molecule has 20 heavy (non-hydrogen) atoms. The van der Waals surface area contributed by atoms with Crippen LogP contribution in [0.3, 0.4) is 0 Å². The van der Waals surface area contributed by atoms with Gasteiger partial charge < -0.3 is 10.6 Å². The molecule has 1 aliphatic carbocycles. The van der Waals surface area contributed by atoms with Gasteiger partial charge in [-0.25, -0.2) is 0 Å². The first-order valence-electron chi connectivity index (χ1n) is 8.33. The Bertz CT molecular complexity index is 453. The fraction of sp³-hybridized carbons (Fsp3) is 0.667. The highest BCUT2D eigenvalue weighted by atomic mass is 14.9. The van der Waals surface area contributed by atoms with Crippen molar-refractivity contribution in [1.82, 2.24) is 5.32 Å².